The number of esters is 2. The second kappa shape index (κ2) is 41.6. The maximum atomic E-state index is 13.5. The van der Waals surface area contributed by atoms with Crippen LogP contribution in [-0.4, -0.2) is 123 Å². The van der Waals surface area contributed by atoms with Gasteiger partial charge in [0.15, 0.2) is 6.10 Å². The van der Waals surface area contributed by atoms with Crippen LogP contribution < -0.4 is 0 Å². The van der Waals surface area contributed by atoms with Crippen molar-refractivity contribution in [1.82, 2.24) is 9.80 Å². The van der Waals surface area contributed by atoms with Gasteiger partial charge in [-0.1, -0.05) is 135 Å². The first-order chi connectivity index (χ1) is 35.2. The molecule has 0 aliphatic heterocycles. The van der Waals surface area contributed by atoms with Crippen LogP contribution in [0.3, 0.4) is 0 Å². The fraction of sp³-hybridized carbons (Fsp3) is 0.893. The van der Waals surface area contributed by atoms with Crippen LogP contribution in [-0.2, 0) is 51.7 Å². The van der Waals surface area contributed by atoms with Crippen molar-refractivity contribution >= 4 is 43.9 Å². The summed E-state index contributed by atoms with van der Waals surface area (Å²) >= 11 is 0. The molecule has 0 fully saturated rings. The lowest BCUT2D eigenvalue weighted by Crippen LogP contribution is -2.42. The molecule has 0 aliphatic rings. The number of hydrogen-bond acceptors (Lipinski definition) is 13. The third-order valence-electron chi connectivity index (χ3n) is 12.5. The standard InChI is InChI=1S/C56H105N2O16P/c1-45(2)57(53(65)73-55(5,6)7)40-38-51(63)69-43-48(72-52(64)39-41-58(46(3)4)54(66)74-56(8,9)10)44-71-75(67,68)70-42-47(35-31-27-23-19-15-13-17-21-25-29-33-37-50(61)62)34-30-26-22-18-14-11-12-16-20-24-28-32-36-49(59)60/h45-48H,11-44H2,1-10H3,(H,59,60)(H,61,62)(H,67,68)/t47-,48?/m1/s1. The zero-order valence-corrected chi connectivity index (χ0v) is 49.2. The van der Waals surface area contributed by atoms with Gasteiger partial charge in [-0.15, -0.1) is 0 Å². The molecule has 0 bridgehead atoms. The molecular weight excluding hydrogens is 988 g/mol. The van der Waals surface area contributed by atoms with E-state index in [-0.39, 0.29) is 63.4 Å². The second-order valence-electron chi connectivity index (χ2n) is 22.8. The zero-order chi connectivity index (χ0) is 56.7. The molecule has 0 aromatic heterocycles. The number of carboxylic acid groups (broad SMARTS) is 2. The number of aliphatic carboxylic acids is 2. The number of amides is 2. The molecule has 18 nitrogen and oxygen atoms in total. The fourth-order valence-corrected chi connectivity index (χ4v) is 9.14. The summed E-state index contributed by atoms with van der Waals surface area (Å²) in [7, 11) is -4.69. The minimum atomic E-state index is -4.69. The van der Waals surface area contributed by atoms with E-state index < -0.39 is 74.4 Å². The van der Waals surface area contributed by atoms with Gasteiger partial charge in [-0.25, -0.2) is 14.2 Å². The Bertz CT molecular complexity index is 1610. The minimum absolute atomic E-state index is 0.00427. The van der Waals surface area contributed by atoms with E-state index >= 15 is 0 Å². The number of carboxylic acids is 2. The summed E-state index contributed by atoms with van der Waals surface area (Å²) in [4.78, 5) is 87.2. The van der Waals surface area contributed by atoms with Gasteiger partial charge in [0, 0.05) is 38.0 Å². The summed E-state index contributed by atoms with van der Waals surface area (Å²) in [5, 5.41) is 17.6. The van der Waals surface area contributed by atoms with E-state index in [2.05, 4.69) is 0 Å². The van der Waals surface area contributed by atoms with Gasteiger partial charge in [0.1, 0.15) is 17.8 Å². The lowest BCUT2D eigenvalue weighted by atomic mass is 9.94. The third kappa shape index (κ3) is 44.2. The molecule has 0 rings (SSSR count). The van der Waals surface area contributed by atoms with Crippen molar-refractivity contribution < 1.29 is 76.4 Å². The topological polar surface area (TPSA) is 242 Å². The number of nitrogens with zero attached hydrogens (tertiary/aromatic N) is 2. The van der Waals surface area contributed by atoms with Gasteiger partial charge < -0.3 is 43.9 Å². The van der Waals surface area contributed by atoms with E-state index in [4.69, 9.17) is 38.2 Å². The molecular formula is C56H105N2O16P. The summed E-state index contributed by atoms with van der Waals surface area (Å²) < 4.78 is 46.6. The van der Waals surface area contributed by atoms with Crippen molar-refractivity contribution in [3.63, 3.8) is 0 Å². The Morgan fingerprint density at radius 2 is 0.773 bits per heavy atom. The number of rotatable bonds is 46. The summed E-state index contributed by atoms with van der Waals surface area (Å²) in [6, 6.07) is -0.592. The highest BCUT2D eigenvalue weighted by Crippen LogP contribution is 2.44. The highest BCUT2D eigenvalue weighted by atomic mass is 31.2. The van der Waals surface area contributed by atoms with Crippen LogP contribution in [0.15, 0.2) is 0 Å². The van der Waals surface area contributed by atoms with Crippen LogP contribution in [0, 0.1) is 5.92 Å². The molecule has 0 aromatic rings. The number of phosphoric ester groups is 1. The molecule has 75 heavy (non-hydrogen) atoms. The van der Waals surface area contributed by atoms with Gasteiger partial charge in [0.05, 0.1) is 26.1 Å². The molecule has 2 amide bonds. The lowest BCUT2D eigenvalue weighted by molar-refractivity contribution is -0.161. The smallest absolute Gasteiger partial charge is 0.472 e. The van der Waals surface area contributed by atoms with Crippen LogP contribution in [0.25, 0.3) is 0 Å². The molecule has 19 heteroatoms. The largest absolute Gasteiger partial charge is 0.481 e. The van der Waals surface area contributed by atoms with Crippen LogP contribution in [0.4, 0.5) is 9.59 Å². The van der Waals surface area contributed by atoms with Gasteiger partial charge in [-0.05, 0) is 101 Å². The van der Waals surface area contributed by atoms with Crippen molar-refractivity contribution in [1.29, 1.82) is 0 Å². The van der Waals surface area contributed by atoms with Crippen LogP contribution >= 0.6 is 7.82 Å². The fourth-order valence-electron chi connectivity index (χ4n) is 8.31. The monoisotopic (exact) mass is 1090 g/mol. The predicted molar refractivity (Wildman–Crippen MR) is 291 cm³/mol. The van der Waals surface area contributed by atoms with Gasteiger partial charge >= 0.3 is 43.9 Å². The maximum Gasteiger partial charge on any atom is 0.472 e. The molecule has 3 atom stereocenters. The Balaban J connectivity index is 5.61. The van der Waals surface area contributed by atoms with Gasteiger partial charge in [0.25, 0.3) is 0 Å². The quantitative estimate of drug-likeness (QED) is 0.0222. The Morgan fingerprint density at radius 3 is 1.11 bits per heavy atom. The molecule has 0 heterocycles. The van der Waals surface area contributed by atoms with Crippen molar-refractivity contribution in [2.45, 2.75) is 285 Å². The zero-order valence-electron chi connectivity index (χ0n) is 48.3. The highest BCUT2D eigenvalue weighted by molar-refractivity contribution is 7.47. The number of carbonyl (C=O) groups is 6. The number of hydrogen-bond donors (Lipinski definition) is 3. The molecule has 3 N–H and O–H groups in total. The summed E-state index contributed by atoms with van der Waals surface area (Å²) in [6.07, 6.45) is 23.7. The van der Waals surface area contributed by atoms with Gasteiger partial charge in [0.2, 0.25) is 0 Å². The Hall–Kier alpha value is -3.47. The Morgan fingerprint density at radius 1 is 0.453 bits per heavy atom. The first-order valence-electron chi connectivity index (χ1n) is 28.6. The molecule has 440 valence electrons. The van der Waals surface area contributed by atoms with E-state index in [9.17, 15) is 38.2 Å². The number of ether oxygens (including phenoxy) is 4. The molecule has 0 aromatic carbocycles. The Labute approximate surface area is 452 Å². The van der Waals surface area contributed by atoms with Crippen LogP contribution in [0.1, 0.15) is 255 Å². The molecule has 0 spiro atoms. The van der Waals surface area contributed by atoms with E-state index in [1.54, 1.807) is 69.2 Å². The molecule has 2 unspecified atom stereocenters. The van der Waals surface area contributed by atoms with E-state index in [1.165, 1.54) is 35.5 Å². The first-order valence-corrected chi connectivity index (χ1v) is 30.1. The average molecular weight is 1090 g/mol. The first kappa shape index (κ1) is 71.5. The summed E-state index contributed by atoms with van der Waals surface area (Å²) in [5.41, 5.74) is -1.51. The molecule has 0 saturated carbocycles. The Kier molecular flexibility index (Phi) is 39.7. The van der Waals surface area contributed by atoms with Crippen LogP contribution in [0.5, 0.6) is 0 Å². The molecule has 0 saturated heterocycles. The van der Waals surface area contributed by atoms with Crippen LogP contribution in [0.2, 0.25) is 0 Å². The number of carbonyl (C=O) groups excluding carboxylic acids is 4. The van der Waals surface area contributed by atoms with E-state index in [0.717, 1.165) is 135 Å². The van der Waals surface area contributed by atoms with Gasteiger partial charge in [-0.3, -0.25) is 28.2 Å². The maximum absolute atomic E-state index is 13.5. The SMILES string of the molecule is CC(C)N(CCC(=O)OCC(COP(=O)(O)OC[C@H](CCCCCCCCCCCCCCC(=O)O)CCCCCCCCCCCCCC(=O)O)OC(=O)CCN(C(=O)OC(C)(C)C)C(C)C)C(=O)OC(C)(C)C. The summed E-state index contributed by atoms with van der Waals surface area (Å²) in [5.74, 6) is -2.94. The van der Waals surface area contributed by atoms with Crippen molar-refractivity contribution in [3.8, 4) is 0 Å². The normalized spacial score (nSPS) is 13.5. The predicted octanol–water partition coefficient (Wildman–Crippen LogP) is 14.0. The minimum Gasteiger partial charge on any atom is -0.481 e. The van der Waals surface area contributed by atoms with Gasteiger partial charge in [-0.2, -0.15) is 0 Å². The van der Waals surface area contributed by atoms with Crippen molar-refractivity contribution in [3.05, 3.63) is 0 Å². The average Bonchev–Trinajstić information content (AvgIpc) is 3.28. The molecule has 0 radical (unpaired) electrons. The lowest BCUT2D eigenvalue weighted by Gasteiger charge is -2.30. The van der Waals surface area contributed by atoms with E-state index in [1.807, 2.05) is 0 Å². The second-order valence-corrected chi connectivity index (χ2v) is 24.2. The molecule has 0 aliphatic carbocycles. The number of phosphoric acid groups is 1. The summed E-state index contributed by atoms with van der Waals surface area (Å²) in [6.45, 7) is 16.4. The van der Waals surface area contributed by atoms with Crippen molar-refractivity contribution in [2.75, 3.05) is 32.9 Å². The van der Waals surface area contributed by atoms with Crippen molar-refractivity contribution in [2.24, 2.45) is 5.92 Å². The highest BCUT2D eigenvalue weighted by Gasteiger charge is 2.30. The third-order valence-corrected chi connectivity index (χ3v) is 13.4. The number of unbranched alkanes of at least 4 members (excludes halogenated alkanes) is 21. The van der Waals surface area contributed by atoms with E-state index in [0.29, 0.717) is 0 Å².